The number of anilines is 2. The van der Waals surface area contributed by atoms with Crippen molar-refractivity contribution in [1.29, 1.82) is 0 Å². The maximum Gasteiger partial charge on any atom is 0.310 e. The molecule has 1 aromatic carbocycles. The van der Waals surface area contributed by atoms with Gasteiger partial charge >= 0.3 is 5.97 Å². The Hall–Kier alpha value is -2.30. The van der Waals surface area contributed by atoms with Crippen molar-refractivity contribution in [3.05, 3.63) is 30.5 Å². The maximum atomic E-state index is 11.8. The number of hydrogen-bond acceptors (Lipinski definition) is 5. The molecule has 0 amide bonds. The number of benzene rings is 1. The van der Waals surface area contributed by atoms with E-state index in [9.17, 15) is 4.79 Å². The molecule has 2 aromatic rings. The summed E-state index contributed by atoms with van der Waals surface area (Å²) in [6, 6.07) is 8.19. The van der Waals surface area contributed by atoms with Gasteiger partial charge in [-0.15, -0.1) is 0 Å². The Balaban J connectivity index is 1.98. The number of methoxy groups -OCH3 is 1. The van der Waals surface area contributed by atoms with Gasteiger partial charge in [0.25, 0.3) is 0 Å². The zero-order valence-corrected chi connectivity index (χ0v) is 13.0. The first-order chi connectivity index (χ1) is 10.7. The molecule has 0 bridgehead atoms. The first kappa shape index (κ1) is 14.6. The molecule has 1 unspecified atom stereocenters. The molecule has 5 heteroatoms. The predicted molar refractivity (Wildman–Crippen MR) is 88.2 cm³/mol. The van der Waals surface area contributed by atoms with Gasteiger partial charge in [-0.3, -0.25) is 4.79 Å². The van der Waals surface area contributed by atoms with Gasteiger partial charge in [0.15, 0.2) is 0 Å². The summed E-state index contributed by atoms with van der Waals surface area (Å²) < 4.78 is 4.90. The lowest BCUT2D eigenvalue weighted by Gasteiger charge is -2.33. The molecule has 3 rings (SSSR count). The smallest absolute Gasteiger partial charge is 0.310 e. The highest BCUT2D eigenvalue weighted by Crippen LogP contribution is 2.31. The number of carbonyl (C=O) groups is 1. The SMILES string of the molecule is CNc1cccc2c(N3CCCC(C(=O)OC)C3)nccc12. The lowest BCUT2D eigenvalue weighted by molar-refractivity contribution is -0.145. The molecule has 116 valence electrons. The van der Waals surface area contributed by atoms with E-state index in [1.165, 1.54) is 7.11 Å². The van der Waals surface area contributed by atoms with E-state index in [0.717, 1.165) is 41.7 Å². The summed E-state index contributed by atoms with van der Waals surface area (Å²) in [7, 11) is 3.37. The van der Waals surface area contributed by atoms with Gasteiger partial charge in [0.1, 0.15) is 5.82 Å². The predicted octanol–water partition coefficient (Wildman–Crippen LogP) is 2.67. The minimum atomic E-state index is -0.124. The van der Waals surface area contributed by atoms with Crippen molar-refractivity contribution in [3.63, 3.8) is 0 Å². The molecule has 0 aliphatic carbocycles. The van der Waals surface area contributed by atoms with E-state index in [-0.39, 0.29) is 11.9 Å². The van der Waals surface area contributed by atoms with Crippen molar-refractivity contribution in [2.24, 2.45) is 5.92 Å². The molecule has 22 heavy (non-hydrogen) atoms. The van der Waals surface area contributed by atoms with Gasteiger partial charge in [0.05, 0.1) is 13.0 Å². The van der Waals surface area contributed by atoms with Gasteiger partial charge in [-0.05, 0) is 25.0 Å². The van der Waals surface area contributed by atoms with E-state index in [2.05, 4.69) is 27.3 Å². The molecule has 1 aliphatic heterocycles. The van der Waals surface area contributed by atoms with Crippen LogP contribution in [0.5, 0.6) is 0 Å². The topological polar surface area (TPSA) is 54.5 Å². The lowest BCUT2D eigenvalue weighted by Crippen LogP contribution is -2.39. The number of fused-ring (bicyclic) bond motifs is 1. The fraction of sp³-hybridized carbons (Fsp3) is 0.412. The standard InChI is InChI=1S/C17H21N3O2/c1-18-15-7-3-6-14-13(15)8-9-19-16(14)20-10-4-5-12(11-20)17(21)22-2/h3,6-9,12,18H,4-5,10-11H2,1-2H3. The van der Waals surface area contributed by atoms with Crippen molar-refractivity contribution in [2.75, 3.05) is 37.5 Å². The van der Waals surface area contributed by atoms with Crippen LogP contribution in [0.15, 0.2) is 30.5 Å². The average Bonchev–Trinajstić information content (AvgIpc) is 2.60. The van der Waals surface area contributed by atoms with Crippen LogP contribution in [0.4, 0.5) is 11.5 Å². The van der Waals surface area contributed by atoms with Crippen LogP contribution >= 0.6 is 0 Å². The molecular weight excluding hydrogens is 278 g/mol. The molecule has 2 heterocycles. The normalized spacial score (nSPS) is 18.3. The van der Waals surface area contributed by atoms with E-state index in [1.54, 1.807) is 0 Å². The molecule has 1 N–H and O–H groups in total. The van der Waals surface area contributed by atoms with Crippen LogP contribution in [0.2, 0.25) is 0 Å². The third kappa shape index (κ3) is 2.58. The summed E-state index contributed by atoms with van der Waals surface area (Å²) in [5.41, 5.74) is 1.09. The molecule has 1 atom stereocenters. The number of piperidine rings is 1. The van der Waals surface area contributed by atoms with E-state index in [0.29, 0.717) is 6.54 Å². The van der Waals surface area contributed by atoms with Crippen molar-refractivity contribution in [3.8, 4) is 0 Å². The zero-order valence-electron chi connectivity index (χ0n) is 13.0. The highest BCUT2D eigenvalue weighted by Gasteiger charge is 2.27. The maximum absolute atomic E-state index is 11.8. The first-order valence-corrected chi connectivity index (χ1v) is 7.63. The molecule has 1 aromatic heterocycles. The lowest BCUT2D eigenvalue weighted by atomic mass is 9.97. The largest absolute Gasteiger partial charge is 0.469 e. The van der Waals surface area contributed by atoms with E-state index in [1.807, 2.05) is 25.4 Å². The van der Waals surface area contributed by atoms with Crippen LogP contribution in [0, 0.1) is 5.92 Å². The number of carbonyl (C=O) groups excluding carboxylic acids is 1. The molecular formula is C17H21N3O2. The number of hydrogen-bond donors (Lipinski definition) is 1. The number of pyridine rings is 1. The zero-order chi connectivity index (χ0) is 15.5. The van der Waals surface area contributed by atoms with Crippen molar-refractivity contribution in [1.82, 2.24) is 4.98 Å². The molecule has 0 radical (unpaired) electrons. The summed E-state index contributed by atoms with van der Waals surface area (Å²) in [5, 5.41) is 5.48. The van der Waals surface area contributed by atoms with Crippen LogP contribution in [-0.4, -0.2) is 38.2 Å². The third-order valence-electron chi connectivity index (χ3n) is 4.31. The van der Waals surface area contributed by atoms with E-state index in [4.69, 9.17) is 4.74 Å². The van der Waals surface area contributed by atoms with Crippen LogP contribution in [0.25, 0.3) is 10.8 Å². The highest BCUT2D eigenvalue weighted by atomic mass is 16.5. The van der Waals surface area contributed by atoms with Crippen LogP contribution in [0.1, 0.15) is 12.8 Å². The summed E-state index contributed by atoms with van der Waals surface area (Å²) in [5.74, 6) is 0.757. The number of rotatable bonds is 3. The second-order valence-electron chi connectivity index (χ2n) is 5.59. The number of nitrogens with one attached hydrogen (secondary N) is 1. The molecule has 1 aliphatic rings. The second kappa shape index (κ2) is 6.22. The van der Waals surface area contributed by atoms with Gasteiger partial charge in [-0.1, -0.05) is 12.1 Å². The van der Waals surface area contributed by atoms with Gasteiger partial charge in [-0.2, -0.15) is 0 Å². The van der Waals surface area contributed by atoms with Crippen molar-refractivity contribution >= 4 is 28.2 Å². The minimum absolute atomic E-state index is 0.0664. The van der Waals surface area contributed by atoms with Gasteiger partial charge < -0.3 is 15.0 Å². The average molecular weight is 299 g/mol. The molecule has 1 saturated heterocycles. The van der Waals surface area contributed by atoms with Crippen LogP contribution in [-0.2, 0) is 9.53 Å². The number of esters is 1. The first-order valence-electron chi connectivity index (χ1n) is 7.63. The van der Waals surface area contributed by atoms with Crippen molar-refractivity contribution in [2.45, 2.75) is 12.8 Å². The molecule has 0 spiro atoms. The number of aromatic nitrogens is 1. The minimum Gasteiger partial charge on any atom is -0.469 e. The Kier molecular flexibility index (Phi) is 4.13. The summed E-state index contributed by atoms with van der Waals surface area (Å²) in [6.07, 6.45) is 3.69. The second-order valence-corrected chi connectivity index (χ2v) is 5.59. The Bertz CT molecular complexity index is 687. The Morgan fingerprint density at radius 3 is 3.00 bits per heavy atom. The molecule has 1 fully saturated rings. The number of ether oxygens (including phenoxy) is 1. The Morgan fingerprint density at radius 2 is 2.23 bits per heavy atom. The van der Waals surface area contributed by atoms with Gasteiger partial charge in [-0.25, -0.2) is 4.98 Å². The fourth-order valence-corrected chi connectivity index (χ4v) is 3.19. The van der Waals surface area contributed by atoms with Gasteiger partial charge in [0.2, 0.25) is 0 Å². The van der Waals surface area contributed by atoms with Gasteiger partial charge in [0, 0.05) is 42.8 Å². The quantitative estimate of drug-likeness (QED) is 0.883. The molecule has 0 saturated carbocycles. The van der Waals surface area contributed by atoms with Crippen LogP contribution < -0.4 is 10.2 Å². The van der Waals surface area contributed by atoms with Crippen LogP contribution in [0.3, 0.4) is 0 Å². The van der Waals surface area contributed by atoms with Crippen molar-refractivity contribution < 1.29 is 9.53 Å². The highest BCUT2D eigenvalue weighted by molar-refractivity contribution is 6.00. The Morgan fingerprint density at radius 1 is 1.36 bits per heavy atom. The van der Waals surface area contributed by atoms with E-state index >= 15 is 0 Å². The summed E-state index contributed by atoms with van der Waals surface area (Å²) in [6.45, 7) is 1.59. The number of nitrogens with zero attached hydrogens (tertiary/aromatic N) is 2. The third-order valence-corrected chi connectivity index (χ3v) is 4.31. The summed E-state index contributed by atoms with van der Waals surface area (Å²) >= 11 is 0. The Labute approximate surface area is 130 Å². The monoisotopic (exact) mass is 299 g/mol. The fourth-order valence-electron chi connectivity index (χ4n) is 3.19. The van der Waals surface area contributed by atoms with E-state index < -0.39 is 0 Å². The molecule has 5 nitrogen and oxygen atoms in total. The summed E-state index contributed by atoms with van der Waals surface area (Å²) in [4.78, 5) is 18.6.